The second kappa shape index (κ2) is 2.70. The first kappa shape index (κ1) is 7.08. The van der Waals surface area contributed by atoms with E-state index in [9.17, 15) is 4.79 Å². The van der Waals surface area contributed by atoms with Gasteiger partial charge in [0.05, 0.1) is 12.1 Å². The maximum absolute atomic E-state index is 10.2. The van der Waals surface area contributed by atoms with Gasteiger partial charge in [-0.05, 0) is 0 Å². The van der Waals surface area contributed by atoms with Crippen LogP contribution in [0.25, 0.3) is 0 Å². The van der Waals surface area contributed by atoms with E-state index in [2.05, 4.69) is 9.40 Å². The molecule has 10 heavy (non-hydrogen) atoms. The Morgan fingerprint density at radius 1 is 1.90 bits per heavy atom. The molecule has 0 aliphatic heterocycles. The zero-order valence-electron chi connectivity index (χ0n) is 4.87. The van der Waals surface area contributed by atoms with E-state index in [1.165, 1.54) is 0 Å². The monoisotopic (exact) mass is 161 g/mol. The van der Waals surface area contributed by atoms with E-state index in [-0.39, 0.29) is 17.5 Å². The van der Waals surface area contributed by atoms with E-state index in [0.29, 0.717) is 0 Å². The Morgan fingerprint density at radius 2 is 2.60 bits per heavy atom. The predicted molar refractivity (Wildman–Crippen MR) is 33.0 cm³/mol. The summed E-state index contributed by atoms with van der Waals surface area (Å²) in [5.74, 6) is -1.01. The fraction of sp³-hybridized carbons (Fsp3) is 0.200. The standard InChI is InChI=1S/C5H4ClNO3/c6-1-4-7-2-3(10-4)5(8)9/h2H,1H2,(H,8,9). The molecule has 0 saturated heterocycles. The molecule has 54 valence electrons. The zero-order chi connectivity index (χ0) is 7.56. The number of aromatic carboxylic acids is 1. The van der Waals surface area contributed by atoms with Crippen molar-refractivity contribution in [2.75, 3.05) is 0 Å². The van der Waals surface area contributed by atoms with Crippen molar-refractivity contribution in [1.82, 2.24) is 4.98 Å². The Balaban J connectivity index is 2.88. The summed E-state index contributed by atoms with van der Waals surface area (Å²) in [6, 6.07) is 0. The van der Waals surface area contributed by atoms with Crippen molar-refractivity contribution in [3.05, 3.63) is 17.8 Å². The summed E-state index contributed by atoms with van der Waals surface area (Å²) in [5.41, 5.74) is 0. The van der Waals surface area contributed by atoms with Gasteiger partial charge in [-0.2, -0.15) is 0 Å². The molecule has 0 atom stereocenters. The normalized spacial score (nSPS) is 9.70. The van der Waals surface area contributed by atoms with E-state index in [4.69, 9.17) is 16.7 Å². The van der Waals surface area contributed by atoms with Crippen molar-refractivity contribution in [3.8, 4) is 0 Å². The van der Waals surface area contributed by atoms with Crippen LogP contribution in [-0.2, 0) is 5.88 Å². The van der Waals surface area contributed by atoms with Crippen LogP contribution in [0, 0.1) is 0 Å². The lowest BCUT2D eigenvalue weighted by molar-refractivity contribution is 0.0661. The lowest BCUT2D eigenvalue weighted by Gasteiger charge is -1.82. The van der Waals surface area contributed by atoms with E-state index in [1.54, 1.807) is 0 Å². The van der Waals surface area contributed by atoms with Crippen molar-refractivity contribution in [2.24, 2.45) is 0 Å². The van der Waals surface area contributed by atoms with Crippen LogP contribution >= 0.6 is 11.6 Å². The topological polar surface area (TPSA) is 63.3 Å². The molecule has 1 N–H and O–H groups in total. The summed E-state index contributed by atoms with van der Waals surface area (Å²) in [7, 11) is 0. The first-order valence-electron chi connectivity index (χ1n) is 2.48. The van der Waals surface area contributed by atoms with Crippen molar-refractivity contribution in [1.29, 1.82) is 0 Å². The summed E-state index contributed by atoms with van der Waals surface area (Å²) in [5, 5.41) is 8.32. The second-order valence-corrected chi connectivity index (χ2v) is 1.82. The minimum Gasteiger partial charge on any atom is -0.475 e. The van der Waals surface area contributed by atoms with E-state index < -0.39 is 5.97 Å². The second-order valence-electron chi connectivity index (χ2n) is 1.56. The summed E-state index contributed by atoms with van der Waals surface area (Å²) in [4.78, 5) is 13.7. The Hall–Kier alpha value is -1.03. The van der Waals surface area contributed by atoms with Crippen molar-refractivity contribution >= 4 is 17.6 Å². The Labute approximate surface area is 61.4 Å². The third-order valence-electron chi connectivity index (χ3n) is 0.879. The first-order valence-corrected chi connectivity index (χ1v) is 3.01. The molecule has 0 unspecified atom stereocenters. The van der Waals surface area contributed by atoms with Gasteiger partial charge in [-0.25, -0.2) is 9.78 Å². The molecule has 0 bridgehead atoms. The molecular weight excluding hydrogens is 158 g/mol. The van der Waals surface area contributed by atoms with Crippen molar-refractivity contribution < 1.29 is 14.3 Å². The minimum absolute atomic E-state index is 0.0906. The molecule has 5 heteroatoms. The molecule has 1 heterocycles. The number of carboxylic acids is 1. The van der Waals surface area contributed by atoms with Gasteiger partial charge in [0.15, 0.2) is 0 Å². The molecule has 0 fully saturated rings. The van der Waals surface area contributed by atoms with Gasteiger partial charge in [-0.1, -0.05) is 0 Å². The Kier molecular flexibility index (Phi) is 1.91. The quantitative estimate of drug-likeness (QED) is 0.660. The molecule has 0 aliphatic rings. The van der Waals surface area contributed by atoms with Crippen LogP contribution < -0.4 is 0 Å². The van der Waals surface area contributed by atoms with Gasteiger partial charge in [0.1, 0.15) is 0 Å². The highest BCUT2D eigenvalue weighted by Gasteiger charge is 2.08. The number of nitrogens with zero attached hydrogens (tertiary/aromatic N) is 1. The van der Waals surface area contributed by atoms with E-state index in [1.807, 2.05) is 0 Å². The van der Waals surface area contributed by atoms with Crippen LogP contribution in [0.4, 0.5) is 0 Å². The molecule has 0 aliphatic carbocycles. The van der Waals surface area contributed by atoms with Gasteiger partial charge in [-0.3, -0.25) is 0 Å². The third kappa shape index (κ3) is 1.27. The average Bonchev–Trinajstić information content (AvgIpc) is 2.34. The molecule has 0 aromatic carbocycles. The van der Waals surface area contributed by atoms with Crippen LogP contribution in [-0.4, -0.2) is 16.1 Å². The molecule has 4 nitrogen and oxygen atoms in total. The van der Waals surface area contributed by atoms with Crippen LogP contribution in [0.2, 0.25) is 0 Å². The number of hydrogen-bond donors (Lipinski definition) is 1. The highest BCUT2D eigenvalue weighted by Crippen LogP contribution is 2.04. The SMILES string of the molecule is O=C(O)c1cnc(CCl)o1. The number of carboxylic acid groups (broad SMARTS) is 1. The van der Waals surface area contributed by atoms with Gasteiger partial charge >= 0.3 is 5.97 Å². The fourth-order valence-corrected chi connectivity index (χ4v) is 0.594. The fourth-order valence-electron chi connectivity index (χ4n) is 0.471. The zero-order valence-corrected chi connectivity index (χ0v) is 5.63. The number of alkyl halides is 1. The average molecular weight is 162 g/mol. The lowest BCUT2D eigenvalue weighted by Crippen LogP contribution is -1.91. The number of rotatable bonds is 2. The number of halogens is 1. The number of carbonyl (C=O) groups is 1. The summed E-state index contributed by atoms with van der Waals surface area (Å²) in [6.45, 7) is 0. The van der Waals surface area contributed by atoms with Crippen LogP contribution in [0.5, 0.6) is 0 Å². The van der Waals surface area contributed by atoms with Crippen LogP contribution in [0.3, 0.4) is 0 Å². The van der Waals surface area contributed by atoms with Crippen LogP contribution in [0.1, 0.15) is 16.4 Å². The molecule has 1 aromatic rings. The van der Waals surface area contributed by atoms with Gasteiger partial charge in [0.25, 0.3) is 0 Å². The van der Waals surface area contributed by atoms with E-state index >= 15 is 0 Å². The predicted octanol–water partition coefficient (Wildman–Crippen LogP) is 1.11. The summed E-state index contributed by atoms with van der Waals surface area (Å²) >= 11 is 5.30. The molecule has 0 saturated carbocycles. The minimum atomic E-state index is -1.14. The third-order valence-corrected chi connectivity index (χ3v) is 1.11. The van der Waals surface area contributed by atoms with Gasteiger partial charge in [-0.15, -0.1) is 11.6 Å². The Morgan fingerprint density at radius 3 is 2.90 bits per heavy atom. The lowest BCUT2D eigenvalue weighted by atomic mass is 10.5. The summed E-state index contributed by atoms with van der Waals surface area (Å²) in [6.07, 6.45) is 1.13. The highest BCUT2D eigenvalue weighted by atomic mass is 35.5. The number of aromatic nitrogens is 1. The van der Waals surface area contributed by atoms with Gasteiger partial charge < -0.3 is 9.52 Å². The van der Waals surface area contributed by atoms with E-state index in [0.717, 1.165) is 6.20 Å². The molecule has 1 aromatic heterocycles. The van der Waals surface area contributed by atoms with Crippen molar-refractivity contribution in [3.63, 3.8) is 0 Å². The number of oxazole rings is 1. The molecular formula is C5H4ClNO3. The van der Waals surface area contributed by atoms with Gasteiger partial charge in [0, 0.05) is 0 Å². The number of hydrogen-bond acceptors (Lipinski definition) is 3. The van der Waals surface area contributed by atoms with Crippen molar-refractivity contribution in [2.45, 2.75) is 5.88 Å². The van der Waals surface area contributed by atoms with Crippen LogP contribution in [0.15, 0.2) is 10.6 Å². The summed E-state index contributed by atoms with van der Waals surface area (Å²) < 4.78 is 4.65. The molecule has 0 spiro atoms. The Bertz CT molecular complexity index is 245. The highest BCUT2D eigenvalue weighted by molar-refractivity contribution is 6.16. The largest absolute Gasteiger partial charge is 0.475 e. The van der Waals surface area contributed by atoms with Gasteiger partial charge in [0.2, 0.25) is 11.7 Å². The maximum atomic E-state index is 10.2. The molecule has 1 rings (SSSR count). The maximum Gasteiger partial charge on any atom is 0.373 e. The first-order chi connectivity index (χ1) is 4.74. The smallest absolute Gasteiger partial charge is 0.373 e. The molecule has 0 amide bonds. The molecule has 0 radical (unpaired) electrons.